The van der Waals surface area contributed by atoms with E-state index in [4.69, 9.17) is 32.7 Å². The Kier molecular flexibility index (Phi) is 9.98. The lowest BCUT2D eigenvalue weighted by Gasteiger charge is -2.31. The summed E-state index contributed by atoms with van der Waals surface area (Å²) in [5.74, 6) is -4.36. The number of aromatic nitrogens is 1. The first kappa shape index (κ1) is 34.4. The molecular weight excluding hydrogens is 713 g/mol. The SMILES string of the molecule is CCOC(=O)c1ccc(NC(=O)Cn2c3c(sc2=O)[C@@H](c2cccc(Cl)c2Cl)[C@@H]2C(=O)N(c4ccc(C(=O)OCC)cc4)C(=O)[C@@H]2S3)cc1. The predicted molar refractivity (Wildman–Crippen MR) is 186 cm³/mol. The summed E-state index contributed by atoms with van der Waals surface area (Å²) in [6.45, 7) is 3.42. The minimum atomic E-state index is -0.969. The fourth-order valence-electron chi connectivity index (χ4n) is 5.81. The minimum absolute atomic E-state index is 0.180. The van der Waals surface area contributed by atoms with Crippen molar-refractivity contribution in [1.29, 1.82) is 0 Å². The third-order valence-electron chi connectivity index (χ3n) is 7.98. The molecule has 0 aliphatic carbocycles. The summed E-state index contributed by atoms with van der Waals surface area (Å²) in [6.07, 6.45) is 0. The molecule has 49 heavy (non-hydrogen) atoms. The molecule has 1 aromatic heterocycles. The standard InChI is InChI=1S/C34H27Cl2N3O8S2/c1-3-46-32(43)17-8-12-19(13-9-17)37-23(40)16-38-31-28(49-34(38)45)24(21-6-5-7-22(35)26(21)36)25-27(48-31)30(42)39(29(25)41)20-14-10-18(11-15-20)33(44)47-4-2/h5-15,24-25,27H,3-4,16H2,1-2H3,(H,37,40)/t24-,25-,27+/m0/s1. The van der Waals surface area contributed by atoms with E-state index in [1.54, 1.807) is 44.2 Å². The van der Waals surface area contributed by atoms with E-state index in [9.17, 15) is 28.8 Å². The van der Waals surface area contributed by atoms with E-state index in [0.29, 0.717) is 26.7 Å². The van der Waals surface area contributed by atoms with Crippen LogP contribution in [0.3, 0.4) is 0 Å². The Labute approximate surface area is 298 Å². The van der Waals surface area contributed by atoms with Crippen molar-refractivity contribution in [3.05, 3.63) is 108 Å². The summed E-state index contributed by atoms with van der Waals surface area (Å²) >= 11 is 15.0. The summed E-state index contributed by atoms with van der Waals surface area (Å²) in [4.78, 5) is 80.2. The number of thiazole rings is 1. The summed E-state index contributed by atoms with van der Waals surface area (Å²) in [7, 11) is 0. The molecule has 0 bridgehead atoms. The van der Waals surface area contributed by atoms with E-state index < -0.39 is 51.6 Å². The van der Waals surface area contributed by atoms with Crippen LogP contribution in [0, 0.1) is 5.92 Å². The van der Waals surface area contributed by atoms with Crippen LogP contribution >= 0.6 is 46.3 Å². The van der Waals surface area contributed by atoms with Crippen molar-refractivity contribution in [2.24, 2.45) is 5.92 Å². The van der Waals surface area contributed by atoms with Crippen LogP contribution in [-0.2, 0) is 30.4 Å². The Hall–Kier alpha value is -4.43. The molecule has 2 aliphatic rings. The summed E-state index contributed by atoms with van der Waals surface area (Å²) in [5.41, 5.74) is 1.71. The zero-order valence-electron chi connectivity index (χ0n) is 25.9. The number of fused-ring (bicyclic) bond motifs is 2. The first-order chi connectivity index (χ1) is 23.5. The smallest absolute Gasteiger partial charge is 0.338 e. The van der Waals surface area contributed by atoms with Crippen LogP contribution in [0.25, 0.3) is 0 Å². The van der Waals surface area contributed by atoms with Crippen LogP contribution in [0.2, 0.25) is 10.0 Å². The van der Waals surface area contributed by atoms with Gasteiger partial charge in [0.2, 0.25) is 17.7 Å². The second-order valence-electron chi connectivity index (χ2n) is 10.9. The number of carbonyl (C=O) groups is 5. The number of hydrogen-bond donors (Lipinski definition) is 1. The summed E-state index contributed by atoms with van der Waals surface area (Å²) in [5, 5.41) is 2.54. The third-order valence-corrected chi connectivity index (χ3v) is 11.4. The molecule has 4 aromatic rings. The number of halogens is 2. The molecule has 6 rings (SSSR count). The van der Waals surface area contributed by atoms with E-state index in [0.717, 1.165) is 28.0 Å². The Bertz CT molecular complexity index is 2050. The number of benzene rings is 3. The quantitative estimate of drug-likeness (QED) is 0.162. The van der Waals surface area contributed by atoms with Gasteiger partial charge in [0, 0.05) is 16.5 Å². The lowest BCUT2D eigenvalue weighted by atomic mass is 9.83. The third kappa shape index (κ3) is 6.51. The van der Waals surface area contributed by atoms with Gasteiger partial charge in [-0.15, -0.1) is 0 Å². The molecule has 1 N–H and O–H groups in total. The van der Waals surface area contributed by atoms with Crippen LogP contribution in [0.5, 0.6) is 0 Å². The topological polar surface area (TPSA) is 141 Å². The van der Waals surface area contributed by atoms with Gasteiger partial charge in [-0.2, -0.15) is 0 Å². The Morgan fingerprint density at radius 1 is 0.837 bits per heavy atom. The van der Waals surface area contributed by atoms with Crippen LogP contribution in [0.4, 0.5) is 11.4 Å². The van der Waals surface area contributed by atoms with Gasteiger partial charge in [0.25, 0.3) is 0 Å². The molecule has 252 valence electrons. The lowest BCUT2D eigenvalue weighted by Crippen LogP contribution is -2.33. The maximum Gasteiger partial charge on any atom is 0.338 e. The van der Waals surface area contributed by atoms with Gasteiger partial charge in [0.1, 0.15) is 11.8 Å². The first-order valence-electron chi connectivity index (χ1n) is 15.1. The van der Waals surface area contributed by atoms with Crippen molar-refractivity contribution in [2.75, 3.05) is 23.4 Å². The molecule has 3 aromatic carbocycles. The zero-order chi connectivity index (χ0) is 35.0. The molecule has 11 nitrogen and oxygen atoms in total. The zero-order valence-corrected chi connectivity index (χ0v) is 29.1. The van der Waals surface area contributed by atoms with Crippen molar-refractivity contribution in [3.63, 3.8) is 0 Å². The second-order valence-corrected chi connectivity index (χ2v) is 13.8. The van der Waals surface area contributed by atoms with Gasteiger partial charge in [-0.25, -0.2) is 14.5 Å². The van der Waals surface area contributed by atoms with E-state index in [-0.39, 0.29) is 41.1 Å². The van der Waals surface area contributed by atoms with Crippen molar-refractivity contribution in [3.8, 4) is 0 Å². The van der Waals surface area contributed by atoms with Gasteiger partial charge in [-0.1, -0.05) is 58.4 Å². The number of hydrogen-bond acceptors (Lipinski definition) is 10. The Morgan fingerprint density at radius 2 is 1.45 bits per heavy atom. The van der Waals surface area contributed by atoms with Gasteiger partial charge in [0.15, 0.2) is 0 Å². The van der Waals surface area contributed by atoms with Crippen LogP contribution < -0.4 is 15.1 Å². The number of esters is 2. The molecular formula is C34H27Cl2N3O8S2. The molecule has 0 saturated carbocycles. The molecule has 2 aliphatic heterocycles. The molecule has 0 spiro atoms. The molecule has 3 heterocycles. The molecule has 0 unspecified atom stereocenters. The molecule has 1 fully saturated rings. The highest BCUT2D eigenvalue weighted by molar-refractivity contribution is 8.00. The number of imide groups is 1. The van der Waals surface area contributed by atoms with Gasteiger partial charge in [-0.3, -0.25) is 23.7 Å². The van der Waals surface area contributed by atoms with Crippen LogP contribution in [0.1, 0.15) is 50.9 Å². The fraction of sp³-hybridized carbons (Fsp3) is 0.235. The monoisotopic (exact) mass is 739 g/mol. The van der Waals surface area contributed by atoms with Crippen molar-refractivity contribution < 1.29 is 33.4 Å². The Morgan fingerprint density at radius 3 is 2.06 bits per heavy atom. The number of rotatable bonds is 9. The molecule has 15 heteroatoms. The lowest BCUT2D eigenvalue weighted by molar-refractivity contribution is -0.122. The number of nitrogens with one attached hydrogen (secondary N) is 1. The second kappa shape index (κ2) is 14.2. The molecule has 0 radical (unpaired) electrons. The van der Waals surface area contributed by atoms with Crippen LogP contribution in [0.15, 0.2) is 76.6 Å². The van der Waals surface area contributed by atoms with Crippen molar-refractivity contribution >= 4 is 87.3 Å². The number of thioether (sulfide) groups is 1. The molecule has 3 atom stereocenters. The molecule has 3 amide bonds. The van der Waals surface area contributed by atoms with Gasteiger partial charge in [-0.05, 0) is 74.0 Å². The molecule has 1 saturated heterocycles. The van der Waals surface area contributed by atoms with E-state index in [2.05, 4.69) is 5.32 Å². The Balaban J connectivity index is 1.34. The normalized spacial score (nSPS) is 18.1. The maximum atomic E-state index is 14.2. The number of carbonyl (C=O) groups excluding carboxylic acids is 5. The summed E-state index contributed by atoms with van der Waals surface area (Å²) in [6, 6.07) is 17.0. The highest BCUT2D eigenvalue weighted by atomic mass is 35.5. The minimum Gasteiger partial charge on any atom is -0.462 e. The summed E-state index contributed by atoms with van der Waals surface area (Å²) < 4.78 is 11.3. The van der Waals surface area contributed by atoms with Crippen molar-refractivity contribution in [1.82, 2.24) is 4.57 Å². The maximum absolute atomic E-state index is 14.2. The largest absolute Gasteiger partial charge is 0.462 e. The van der Waals surface area contributed by atoms with Gasteiger partial charge < -0.3 is 14.8 Å². The van der Waals surface area contributed by atoms with E-state index in [1.165, 1.54) is 41.0 Å². The number of anilines is 2. The van der Waals surface area contributed by atoms with E-state index in [1.807, 2.05) is 0 Å². The van der Waals surface area contributed by atoms with Crippen molar-refractivity contribution in [2.45, 2.75) is 36.6 Å². The predicted octanol–water partition coefficient (Wildman–Crippen LogP) is 6.00. The van der Waals surface area contributed by atoms with Gasteiger partial charge in [0.05, 0.1) is 51.0 Å². The average molecular weight is 741 g/mol. The number of nitrogens with zero attached hydrogens (tertiary/aromatic N) is 2. The van der Waals surface area contributed by atoms with Gasteiger partial charge >= 0.3 is 16.8 Å². The highest BCUT2D eigenvalue weighted by Crippen LogP contribution is 2.55. The average Bonchev–Trinajstić information content (AvgIpc) is 3.53. The highest BCUT2D eigenvalue weighted by Gasteiger charge is 2.57. The van der Waals surface area contributed by atoms with Crippen LogP contribution in [-0.4, -0.2) is 52.7 Å². The van der Waals surface area contributed by atoms with E-state index >= 15 is 0 Å². The number of ether oxygens (including phenoxy) is 2. The fourth-order valence-corrected chi connectivity index (χ4v) is 9.00. The number of amides is 3. The first-order valence-corrected chi connectivity index (χ1v) is 17.5.